The van der Waals surface area contributed by atoms with E-state index >= 15 is 0 Å². The quantitative estimate of drug-likeness (QED) is 0.815. The minimum Gasteiger partial charge on any atom is -0.504 e. The molecule has 0 spiro atoms. The first-order valence-electron chi connectivity index (χ1n) is 4.29. The number of phenolic OH excluding ortho intramolecular Hbond substituents is 1. The molecule has 14 heavy (non-hydrogen) atoms. The van der Waals surface area contributed by atoms with Crippen molar-refractivity contribution in [3.8, 4) is 11.5 Å². The molecular formula is C10H12F2O2. The summed E-state index contributed by atoms with van der Waals surface area (Å²) in [6, 6.07) is 4.06. The summed E-state index contributed by atoms with van der Waals surface area (Å²) in [4.78, 5) is 0. The van der Waals surface area contributed by atoms with Crippen LogP contribution in [0.5, 0.6) is 11.5 Å². The Morgan fingerprint density at radius 2 is 1.93 bits per heavy atom. The van der Waals surface area contributed by atoms with Gasteiger partial charge in [-0.2, -0.15) is 0 Å². The predicted molar refractivity (Wildman–Crippen MR) is 48.8 cm³/mol. The van der Waals surface area contributed by atoms with Gasteiger partial charge in [-0.3, -0.25) is 0 Å². The number of hydrogen-bond acceptors (Lipinski definition) is 2. The van der Waals surface area contributed by atoms with Crippen LogP contribution in [-0.4, -0.2) is 11.2 Å². The fourth-order valence-corrected chi connectivity index (χ4v) is 1.06. The standard InChI is InChI=1S/C10H12F2O2/c1-6(2)14-8-5-3-4-7(9(8)13)10(11)12/h3-6,10,13H,1-2H3. The lowest BCUT2D eigenvalue weighted by molar-refractivity contribution is 0.145. The Bertz CT molecular complexity index is 311. The number of benzene rings is 1. The van der Waals surface area contributed by atoms with E-state index in [0.29, 0.717) is 0 Å². The average molecular weight is 202 g/mol. The summed E-state index contributed by atoms with van der Waals surface area (Å²) in [5.41, 5.74) is -0.400. The van der Waals surface area contributed by atoms with E-state index in [2.05, 4.69) is 0 Å². The zero-order valence-electron chi connectivity index (χ0n) is 8.00. The van der Waals surface area contributed by atoms with Crippen LogP contribution in [0, 0.1) is 0 Å². The molecule has 2 nitrogen and oxygen atoms in total. The van der Waals surface area contributed by atoms with E-state index in [0.717, 1.165) is 0 Å². The maximum Gasteiger partial charge on any atom is 0.267 e. The zero-order valence-corrected chi connectivity index (χ0v) is 8.00. The molecule has 4 heteroatoms. The van der Waals surface area contributed by atoms with Crippen LogP contribution in [0.3, 0.4) is 0 Å². The van der Waals surface area contributed by atoms with E-state index < -0.39 is 17.7 Å². The minimum atomic E-state index is -2.69. The molecule has 78 valence electrons. The molecule has 0 aromatic heterocycles. The van der Waals surface area contributed by atoms with Crippen LogP contribution in [0.25, 0.3) is 0 Å². The van der Waals surface area contributed by atoms with Gasteiger partial charge in [-0.25, -0.2) is 8.78 Å². The maximum atomic E-state index is 12.3. The molecule has 1 N–H and O–H groups in total. The summed E-state index contributed by atoms with van der Waals surface area (Å²) in [6.07, 6.45) is -2.85. The second-order valence-electron chi connectivity index (χ2n) is 3.16. The molecule has 0 radical (unpaired) electrons. The van der Waals surface area contributed by atoms with Crippen LogP contribution in [0.15, 0.2) is 18.2 Å². The van der Waals surface area contributed by atoms with Crippen molar-refractivity contribution < 1.29 is 18.6 Å². The number of rotatable bonds is 3. The molecule has 0 amide bonds. The van der Waals surface area contributed by atoms with E-state index in [1.807, 2.05) is 0 Å². The van der Waals surface area contributed by atoms with E-state index in [1.54, 1.807) is 13.8 Å². The van der Waals surface area contributed by atoms with Crippen LogP contribution in [0.4, 0.5) is 8.78 Å². The van der Waals surface area contributed by atoms with E-state index in [4.69, 9.17) is 4.74 Å². The molecule has 0 heterocycles. The first-order valence-corrected chi connectivity index (χ1v) is 4.29. The van der Waals surface area contributed by atoms with Gasteiger partial charge in [0.15, 0.2) is 11.5 Å². The summed E-state index contributed by atoms with van der Waals surface area (Å²) >= 11 is 0. The third-order valence-electron chi connectivity index (χ3n) is 1.63. The summed E-state index contributed by atoms with van der Waals surface area (Å²) in [5.74, 6) is -0.381. The lowest BCUT2D eigenvalue weighted by Crippen LogP contribution is -2.06. The zero-order chi connectivity index (χ0) is 10.7. The number of phenols is 1. The highest BCUT2D eigenvalue weighted by Crippen LogP contribution is 2.36. The third kappa shape index (κ3) is 2.34. The summed E-state index contributed by atoms with van der Waals surface area (Å²) < 4.78 is 29.8. The average Bonchev–Trinajstić information content (AvgIpc) is 2.07. The third-order valence-corrected chi connectivity index (χ3v) is 1.63. The number of halogens is 2. The Hall–Kier alpha value is -1.32. The van der Waals surface area contributed by atoms with Crippen LogP contribution in [0.1, 0.15) is 25.8 Å². The van der Waals surface area contributed by atoms with Crippen LogP contribution in [0.2, 0.25) is 0 Å². The monoisotopic (exact) mass is 202 g/mol. The minimum absolute atomic E-state index is 0.0952. The van der Waals surface area contributed by atoms with Crippen molar-refractivity contribution in [1.29, 1.82) is 0 Å². The number of alkyl halides is 2. The Morgan fingerprint density at radius 3 is 2.43 bits per heavy atom. The molecule has 1 rings (SSSR count). The normalized spacial score (nSPS) is 11.0. The lowest BCUT2D eigenvalue weighted by Gasteiger charge is -2.13. The van der Waals surface area contributed by atoms with E-state index in [9.17, 15) is 13.9 Å². The van der Waals surface area contributed by atoms with Gasteiger partial charge in [0, 0.05) is 0 Å². The van der Waals surface area contributed by atoms with Crippen molar-refractivity contribution in [3.05, 3.63) is 23.8 Å². The summed E-state index contributed by atoms with van der Waals surface area (Å²) in [6.45, 7) is 3.52. The Morgan fingerprint density at radius 1 is 1.29 bits per heavy atom. The van der Waals surface area contributed by atoms with Crippen LogP contribution >= 0.6 is 0 Å². The van der Waals surface area contributed by atoms with Gasteiger partial charge in [-0.1, -0.05) is 6.07 Å². The van der Waals surface area contributed by atoms with Gasteiger partial charge < -0.3 is 9.84 Å². The molecule has 0 fully saturated rings. The topological polar surface area (TPSA) is 29.5 Å². The molecule has 0 aliphatic rings. The number of para-hydroxylation sites is 1. The van der Waals surface area contributed by atoms with Gasteiger partial charge in [0.05, 0.1) is 11.7 Å². The summed E-state index contributed by atoms with van der Waals surface area (Å²) in [7, 11) is 0. The van der Waals surface area contributed by atoms with Crippen LogP contribution < -0.4 is 4.74 Å². The fourth-order valence-electron chi connectivity index (χ4n) is 1.06. The lowest BCUT2D eigenvalue weighted by atomic mass is 10.2. The highest BCUT2D eigenvalue weighted by atomic mass is 19.3. The van der Waals surface area contributed by atoms with E-state index in [-0.39, 0.29) is 11.9 Å². The summed E-state index contributed by atoms with van der Waals surface area (Å²) in [5, 5.41) is 9.40. The molecule has 0 aliphatic heterocycles. The molecule has 1 aromatic rings. The first-order chi connectivity index (χ1) is 6.52. The van der Waals surface area contributed by atoms with E-state index in [1.165, 1.54) is 18.2 Å². The van der Waals surface area contributed by atoms with Crippen molar-refractivity contribution >= 4 is 0 Å². The van der Waals surface area contributed by atoms with Crippen molar-refractivity contribution in [3.63, 3.8) is 0 Å². The smallest absolute Gasteiger partial charge is 0.267 e. The second-order valence-corrected chi connectivity index (χ2v) is 3.16. The molecule has 0 bridgehead atoms. The Labute approximate surface area is 81.1 Å². The van der Waals surface area contributed by atoms with Crippen molar-refractivity contribution in [2.24, 2.45) is 0 Å². The predicted octanol–water partition coefficient (Wildman–Crippen LogP) is 3.12. The molecule has 0 unspecified atom stereocenters. The van der Waals surface area contributed by atoms with Crippen molar-refractivity contribution in [2.45, 2.75) is 26.4 Å². The Balaban J connectivity index is 3.01. The molecule has 0 saturated heterocycles. The fraction of sp³-hybridized carbons (Fsp3) is 0.400. The molecular weight excluding hydrogens is 190 g/mol. The van der Waals surface area contributed by atoms with Gasteiger partial charge in [-0.05, 0) is 26.0 Å². The second kappa shape index (κ2) is 4.26. The SMILES string of the molecule is CC(C)Oc1cccc(C(F)F)c1O. The highest BCUT2D eigenvalue weighted by Gasteiger charge is 2.16. The first kappa shape index (κ1) is 10.8. The number of hydrogen-bond donors (Lipinski definition) is 1. The largest absolute Gasteiger partial charge is 0.504 e. The number of aromatic hydroxyl groups is 1. The van der Waals surface area contributed by atoms with Gasteiger partial charge in [0.25, 0.3) is 6.43 Å². The van der Waals surface area contributed by atoms with Gasteiger partial charge in [-0.15, -0.1) is 0 Å². The van der Waals surface area contributed by atoms with Gasteiger partial charge >= 0.3 is 0 Å². The van der Waals surface area contributed by atoms with Gasteiger partial charge in [0.1, 0.15) is 0 Å². The van der Waals surface area contributed by atoms with Crippen LogP contribution in [-0.2, 0) is 0 Å². The highest BCUT2D eigenvalue weighted by molar-refractivity contribution is 5.45. The molecule has 0 saturated carbocycles. The van der Waals surface area contributed by atoms with Crippen molar-refractivity contribution in [2.75, 3.05) is 0 Å². The molecule has 1 aromatic carbocycles. The Kier molecular flexibility index (Phi) is 3.28. The molecule has 0 atom stereocenters. The van der Waals surface area contributed by atoms with Crippen molar-refractivity contribution in [1.82, 2.24) is 0 Å². The van der Waals surface area contributed by atoms with Gasteiger partial charge in [0.2, 0.25) is 0 Å². The number of ether oxygens (including phenoxy) is 1. The maximum absolute atomic E-state index is 12.3. The molecule has 0 aliphatic carbocycles.